The monoisotopic (exact) mass is 568 g/mol. The topological polar surface area (TPSA) is 133 Å². The fraction of sp³-hybridized carbons (Fsp3) is 0.429. The Kier molecular flexibility index (Phi) is 8.83. The molecule has 1 aromatic carbocycles. The van der Waals surface area contributed by atoms with Crippen LogP contribution in [0.4, 0.5) is 5.82 Å². The number of aromatic nitrogens is 2. The third-order valence-corrected chi connectivity index (χ3v) is 7.52. The van der Waals surface area contributed by atoms with Crippen molar-refractivity contribution in [3.8, 4) is 5.75 Å². The summed E-state index contributed by atoms with van der Waals surface area (Å²) >= 11 is 6.63. The first-order valence-electron chi connectivity index (χ1n) is 13.4. The molecule has 40 heavy (non-hydrogen) atoms. The predicted octanol–water partition coefficient (Wildman–Crippen LogP) is 2.48. The summed E-state index contributed by atoms with van der Waals surface area (Å²) in [4.78, 5) is 36.5. The van der Waals surface area contributed by atoms with Crippen LogP contribution in [0.25, 0.3) is 0 Å². The molecule has 1 atom stereocenters. The van der Waals surface area contributed by atoms with Gasteiger partial charge in [0.2, 0.25) is 5.91 Å². The van der Waals surface area contributed by atoms with E-state index in [9.17, 15) is 14.7 Å². The van der Waals surface area contributed by atoms with Crippen LogP contribution in [0.15, 0.2) is 47.5 Å². The predicted molar refractivity (Wildman–Crippen MR) is 148 cm³/mol. The van der Waals surface area contributed by atoms with E-state index in [0.717, 1.165) is 24.1 Å². The molecular formula is C28H33ClN6O5. The maximum absolute atomic E-state index is 12.7. The average molecular weight is 569 g/mol. The molecule has 3 aromatic rings. The van der Waals surface area contributed by atoms with Gasteiger partial charge in [-0.25, -0.2) is 9.97 Å². The number of carbonyl (C=O) groups is 2. The Morgan fingerprint density at radius 2 is 2.15 bits per heavy atom. The van der Waals surface area contributed by atoms with Crippen LogP contribution in [0.5, 0.6) is 5.75 Å². The molecule has 0 radical (unpaired) electrons. The quantitative estimate of drug-likeness (QED) is 0.319. The van der Waals surface area contributed by atoms with Crippen LogP contribution in [0.1, 0.15) is 40.6 Å². The lowest BCUT2D eigenvalue weighted by molar-refractivity contribution is -0.134. The van der Waals surface area contributed by atoms with Crippen molar-refractivity contribution in [2.45, 2.75) is 45.1 Å². The summed E-state index contributed by atoms with van der Waals surface area (Å²) in [7, 11) is 0. The number of fused-ring (bicyclic) bond motifs is 1. The molecule has 0 saturated carbocycles. The van der Waals surface area contributed by atoms with Crippen molar-refractivity contribution in [2.24, 2.45) is 0 Å². The maximum Gasteiger partial charge on any atom is 0.251 e. The van der Waals surface area contributed by atoms with Crippen LogP contribution in [0.3, 0.4) is 0 Å². The Hall–Kier alpha value is -3.67. The van der Waals surface area contributed by atoms with E-state index in [4.69, 9.17) is 20.8 Å². The van der Waals surface area contributed by atoms with Crippen molar-refractivity contribution in [3.05, 3.63) is 70.5 Å². The number of halogens is 1. The van der Waals surface area contributed by atoms with E-state index in [2.05, 4.69) is 25.5 Å². The molecular weight excluding hydrogens is 536 g/mol. The fourth-order valence-corrected chi connectivity index (χ4v) is 5.24. The highest BCUT2D eigenvalue weighted by atomic mass is 35.5. The largest absolute Gasteiger partial charge is 0.484 e. The van der Waals surface area contributed by atoms with Gasteiger partial charge in [-0.2, -0.15) is 0 Å². The first-order valence-corrected chi connectivity index (χ1v) is 13.8. The van der Waals surface area contributed by atoms with Crippen molar-refractivity contribution in [3.63, 3.8) is 0 Å². The number of aliphatic hydroxyl groups excluding tert-OH is 1. The summed E-state index contributed by atoms with van der Waals surface area (Å²) in [6, 6.07) is 7.28. The number of aliphatic hydroxyl groups is 1. The number of anilines is 1. The van der Waals surface area contributed by atoms with Crippen LogP contribution in [0.2, 0.25) is 5.02 Å². The number of nitrogens with zero attached hydrogens (tertiary/aromatic N) is 4. The van der Waals surface area contributed by atoms with E-state index < -0.39 is 6.10 Å². The highest BCUT2D eigenvalue weighted by Gasteiger charge is 2.30. The van der Waals surface area contributed by atoms with Gasteiger partial charge in [0.1, 0.15) is 18.2 Å². The summed E-state index contributed by atoms with van der Waals surface area (Å²) in [5.74, 6) is 1.65. The molecule has 2 amide bonds. The lowest BCUT2D eigenvalue weighted by Gasteiger charge is -2.39. The zero-order valence-electron chi connectivity index (χ0n) is 22.3. The fourth-order valence-electron chi connectivity index (χ4n) is 4.91. The first kappa shape index (κ1) is 27.9. The third-order valence-electron chi connectivity index (χ3n) is 7.11. The molecule has 212 valence electrons. The van der Waals surface area contributed by atoms with E-state index in [1.165, 1.54) is 6.39 Å². The minimum atomic E-state index is -0.734. The summed E-state index contributed by atoms with van der Waals surface area (Å²) in [6.07, 6.45) is 5.02. The Labute approximate surface area is 237 Å². The van der Waals surface area contributed by atoms with Crippen LogP contribution < -0.4 is 15.4 Å². The summed E-state index contributed by atoms with van der Waals surface area (Å²) in [5.41, 5.74) is 2.59. The lowest BCUT2D eigenvalue weighted by atomic mass is 9.99. The van der Waals surface area contributed by atoms with Crippen molar-refractivity contribution < 1.29 is 23.8 Å². The minimum absolute atomic E-state index is 0.117. The number of hydrogen-bond acceptors (Lipinski definition) is 9. The highest BCUT2D eigenvalue weighted by molar-refractivity contribution is 6.33. The number of pyridine rings is 1. The molecule has 0 spiro atoms. The van der Waals surface area contributed by atoms with Gasteiger partial charge in [-0.3, -0.25) is 14.5 Å². The van der Waals surface area contributed by atoms with Gasteiger partial charge in [0.25, 0.3) is 5.91 Å². The zero-order valence-corrected chi connectivity index (χ0v) is 23.1. The lowest BCUT2D eigenvalue weighted by Crippen LogP contribution is -2.56. The smallest absolute Gasteiger partial charge is 0.251 e. The Balaban J connectivity index is 1.07. The van der Waals surface area contributed by atoms with Crippen LogP contribution in [-0.4, -0.2) is 81.6 Å². The number of β-amino-alcohol motifs (C(OH)–C–C–N with tert-alkyl or cyclic N) is 1. The third kappa shape index (κ3) is 6.72. The van der Waals surface area contributed by atoms with Crippen molar-refractivity contribution in [1.29, 1.82) is 0 Å². The second-order valence-corrected chi connectivity index (χ2v) is 10.4. The summed E-state index contributed by atoms with van der Waals surface area (Å²) in [5, 5.41) is 17.3. The highest BCUT2D eigenvalue weighted by Crippen LogP contribution is 2.34. The average Bonchev–Trinajstić information content (AvgIpc) is 3.46. The van der Waals surface area contributed by atoms with Crippen molar-refractivity contribution in [1.82, 2.24) is 25.1 Å². The van der Waals surface area contributed by atoms with Gasteiger partial charge < -0.3 is 29.8 Å². The van der Waals surface area contributed by atoms with Gasteiger partial charge in [0.15, 0.2) is 12.2 Å². The number of benzene rings is 1. The van der Waals surface area contributed by atoms with E-state index >= 15 is 0 Å². The van der Waals surface area contributed by atoms with Crippen LogP contribution >= 0.6 is 11.6 Å². The Morgan fingerprint density at radius 1 is 1.30 bits per heavy atom. The first-order chi connectivity index (χ1) is 19.4. The van der Waals surface area contributed by atoms with Crippen molar-refractivity contribution >= 4 is 29.2 Å². The normalized spacial score (nSPS) is 16.1. The van der Waals surface area contributed by atoms with Gasteiger partial charge in [0, 0.05) is 57.4 Å². The van der Waals surface area contributed by atoms with Crippen molar-refractivity contribution in [2.75, 3.05) is 38.0 Å². The number of nitrogens with one attached hydrogen (secondary N) is 2. The number of rotatable bonds is 11. The zero-order chi connectivity index (χ0) is 28.1. The van der Waals surface area contributed by atoms with E-state index in [0.29, 0.717) is 60.5 Å². The number of amides is 2. The standard InChI is InChI=1S/C28H33ClN6O5/c1-2-26(37)35-13-20(14-35)33-25-9-18(5-7-31-25)28(38)32-10-21(36)15-34-8-6-23-19(12-34)3-4-24(27(23)29)39-16-22-11-30-17-40-22/h3-5,7,9,11,17,20-21,36H,2,6,8,10,12-16H2,1H3,(H,31,33)(H,32,38). The molecule has 1 fully saturated rings. The molecule has 4 heterocycles. The Morgan fingerprint density at radius 3 is 2.92 bits per heavy atom. The molecule has 2 aromatic heterocycles. The van der Waals surface area contributed by atoms with E-state index in [-0.39, 0.29) is 31.0 Å². The van der Waals surface area contributed by atoms with Gasteiger partial charge in [0.05, 0.1) is 23.4 Å². The summed E-state index contributed by atoms with van der Waals surface area (Å²) in [6.45, 7) is 5.26. The van der Waals surface area contributed by atoms with Gasteiger partial charge >= 0.3 is 0 Å². The minimum Gasteiger partial charge on any atom is -0.484 e. The maximum atomic E-state index is 12.7. The molecule has 12 heteroatoms. The number of hydrogen-bond donors (Lipinski definition) is 3. The number of ether oxygens (including phenoxy) is 1. The summed E-state index contributed by atoms with van der Waals surface area (Å²) < 4.78 is 11.0. The molecule has 2 aliphatic rings. The second-order valence-electron chi connectivity index (χ2n) is 10.0. The second kappa shape index (κ2) is 12.7. The molecule has 1 saturated heterocycles. The van der Waals surface area contributed by atoms with Gasteiger partial charge in [-0.05, 0) is 35.7 Å². The van der Waals surface area contributed by atoms with E-state index in [1.807, 2.05) is 19.1 Å². The SMILES string of the molecule is CCC(=O)N1CC(Nc2cc(C(=O)NCC(O)CN3CCc4c(ccc(OCc5cnco5)c4Cl)C3)ccn2)C1. The molecule has 11 nitrogen and oxygen atoms in total. The molecule has 1 unspecified atom stereocenters. The number of carbonyl (C=O) groups excluding carboxylic acids is 2. The van der Waals surface area contributed by atoms with Crippen LogP contribution in [-0.2, 0) is 24.4 Å². The molecule has 3 N–H and O–H groups in total. The number of oxazole rings is 1. The molecule has 0 bridgehead atoms. The molecule has 0 aliphatic carbocycles. The van der Waals surface area contributed by atoms with Gasteiger partial charge in [-0.15, -0.1) is 0 Å². The number of likely N-dealkylation sites (tertiary alicyclic amines) is 1. The van der Waals surface area contributed by atoms with E-state index in [1.54, 1.807) is 29.4 Å². The molecule has 5 rings (SSSR count). The van der Waals surface area contributed by atoms with Crippen LogP contribution in [0, 0.1) is 0 Å². The Bertz CT molecular complexity index is 1330. The van der Waals surface area contributed by atoms with Gasteiger partial charge in [-0.1, -0.05) is 24.6 Å². The molecule has 2 aliphatic heterocycles.